The van der Waals surface area contributed by atoms with Crippen LogP contribution in [-0.2, 0) is 4.79 Å². The quantitative estimate of drug-likeness (QED) is 0.484. The third-order valence-electron chi connectivity index (χ3n) is 4.21. The van der Waals surface area contributed by atoms with Gasteiger partial charge in [0.1, 0.15) is 0 Å². The number of nitrogens with zero attached hydrogens (tertiary/aromatic N) is 1. The van der Waals surface area contributed by atoms with Gasteiger partial charge in [-0.3, -0.25) is 19.7 Å². The molecule has 3 rings (SSSR count). The lowest BCUT2D eigenvalue weighted by Crippen LogP contribution is -2.12. The summed E-state index contributed by atoms with van der Waals surface area (Å²) < 4.78 is 10.5. The standard InChI is InChI=1S/C18H16N2O6/c1-10-13-7-11(3-5-14(13)19-18(10)22)15(21)9-26-17-8-12(20(23)24)4-6-16(17)25-2/h3-8,10H,9H2,1-2H3,(H,19,22)/t10-/m1/s1. The number of ketones is 1. The van der Waals surface area contributed by atoms with E-state index in [1.54, 1.807) is 25.1 Å². The minimum absolute atomic E-state index is 0.109. The van der Waals surface area contributed by atoms with Gasteiger partial charge in [-0.2, -0.15) is 0 Å². The number of non-ortho nitro benzene ring substituents is 1. The molecule has 0 saturated heterocycles. The summed E-state index contributed by atoms with van der Waals surface area (Å²) in [6, 6.07) is 8.85. The fourth-order valence-corrected chi connectivity index (χ4v) is 2.71. The van der Waals surface area contributed by atoms with Gasteiger partial charge in [0, 0.05) is 17.3 Å². The number of Topliss-reactive ketones (excluding diaryl/α,β-unsaturated/α-hetero) is 1. The van der Waals surface area contributed by atoms with Crippen molar-refractivity contribution in [2.45, 2.75) is 12.8 Å². The van der Waals surface area contributed by atoms with Crippen LogP contribution >= 0.6 is 0 Å². The predicted molar refractivity (Wildman–Crippen MR) is 93.0 cm³/mol. The topological polar surface area (TPSA) is 108 Å². The van der Waals surface area contributed by atoms with Crippen LogP contribution in [0.15, 0.2) is 36.4 Å². The van der Waals surface area contributed by atoms with Gasteiger partial charge in [-0.15, -0.1) is 0 Å². The number of carbonyl (C=O) groups excluding carboxylic acids is 2. The van der Waals surface area contributed by atoms with E-state index in [1.165, 1.54) is 25.3 Å². The molecule has 2 aromatic carbocycles. The minimum atomic E-state index is -0.556. The summed E-state index contributed by atoms with van der Waals surface area (Å²) in [5, 5.41) is 13.6. The Balaban J connectivity index is 1.77. The molecule has 0 aliphatic carbocycles. The fourth-order valence-electron chi connectivity index (χ4n) is 2.71. The highest BCUT2D eigenvalue weighted by Crippen LogP contribution is 2.33. The Hall–Kier alpha value is -3.42. The fraction of sp³-hybridized carbons (Fsp3) is 0.222. The molecule has 0 bridgehead atoms. The molecule has 0 unspecified atom stereocenters. The van der Waals surface area contributed by atoms with E-state index in [0.29, 0.717) is 17.0 Å². The van der Waals surface area contributed by atoms with Crippen LogP contribution in [0.5, 0.6) is 11.5 Å². The lowest BCUT2D eigenvalue weighted by atomic mass is 9.99. The van der Waals surface area contributed by atoms with Crippen LogP contribution in [-0.4, -0.2) is 30.3 Å². The summed E-state index contributed by atoms with van der Waals surface area (Å²) in [6.07, 6.45) is 0. The second-order valence-corrected chi connectivity index (χ2v) is 5.82. The molecule has 1 N–H and O–H groups in total. The molecule has 0 spiro atoms. The molecule has 1 amide bonds. The number of hydrogen-bond donors (Lipinski definition) is 1. The summed E-state index contributed by atoms with van der Waals surface area (Å²) in [4.78, 5) is 34.4. The van der Waals surface area contributed by atoms with Gasteiger partial charge in [-0.05, 0) is 36.8 Å². The van der Waals surface area contributed by atoms with Crippen LogP contribution in [0.2, 0.25) is 0 Å². The number of fused-ring (bicyclic) bond motifs is 1. The molecule has 1 heterocycles. The second-order valence-electron chi connectivity index (χ2n) is 5.82. The molecule has 1 aliphatic heterocycles. The summed E-state index contributed by atoms with van der Waals surface area (Å²) in [5.41, 5.74) is 1.69. The van der Waals surface area contributed by atoms with E-state index in [2.05, 4.69) is 5.32 Å². The van der Waals surface area contributed by atoms with Crippen molar-refractivity contribution in [1.82, 2.24) is 0 Å². The third kappa shape index (κ3) is 3.21. The van der Waals surface area contributed by atoms with Crippen LogP contribution in [0, 0.1) is 10.1 Å². The highest BCUT2D eigenvalue weighted by molar-refractivity contribution is 6.05. The summed E-state index contributed by atoms with van der Waals surface area (Å²) in [7, 11) is 1.40. The van der Waals surface area contributed by atoms with E-state index in [9.17, 15) is 19.7 Å². The van der Waals surface area contributed by atoms with Gasteiger partial charge in [0.2, 0.25) is 5.91 Å². The van der Waals surface area contributed by atoms with Gasteiger partial charge in [0.15, 0.2) is 23.9 Å². The Morgan fingerprint density at radius 1 is 1.23 bits per heavy atom. The molecular formula is C18H16N2O6. The molecule has 0 radical (unpaired) electrons. The van der Waals surface area contributed by atoms with E-state index in [4.69, 9.17) is 9.47 Å². The summed E-state index contributed by atoms with van der Waals surface area (Å²) in [5.74, 6) is -0.340. The van der Waals surface area contributed by atoms with E-state index in [-0.39, 0.29) is 35.7 Å². The van der Waals surface area contributed by atoms with Crippen molar-refractivity contribution in [1.29, 1.82) is 0 Å². The number of rotatable bonds is 6. The monoisotopic (exact) mass is 356 g/mol. The molecule has 1 atom stereocenters. The van der Waals surface area contributed by atoms with Crippen molar-refractivity contribution >= 4 is 23.1 Å². The molecule has 134 valence electrons. The van der Waals surface area contributed by atoms with Gasteiger partial charge < -0.3 is 14.8 Å². The summed E-state index contributed by atoms with van der Waals surface area (Å²) >= 11 is 0. The first-order chi connectivity index (χ1) is 12.4. The normalized spacial score (nSPS) is 15.2. The Morgan fingerprint density at radius 2 is 2.00 bits per heavy atom. The van der Waals surface area contributed by atoms with Crippen molar-refractivity contribution < 1.29 is 24.0 Å². The molecule has 0 fully saturated rings. The van der Waals surface area contributed by atoms with E-state index >= 15 is 0 Å². The highest BCUT2D eigenvalue weighted by atomic mass is 16.6. The first kappa shape index (κ1) is 17.4. The van der Waals surface area contributed by atoms with Crippen molar-refractivity contribution in [2.24, 2.45) is 0 Å². The SMILES string of the molecule is COc1ccc([N+](=O)[O-])cc1OCC(=O)c1ccc2c(c1)[C@@H](C)C(=O)N2. The van der Waals surface area contributed by atoms with E-state index < -0.39 is 4.92 Å². The van der Waals surface area contributed by atoms with Crippen LogP contribution in [0.4, 0.5) is 11.4 Å². The molecule has 0 saturated carbocycles. The number of anilines is 1. The zero-order valence-electron chi connectivity index (χ0n) is 14.1. The molecule has 26 heavy (non-hydrogen) atoms. The average Bonchev–Trinajstić information content (AvgIpc) is 2.93. The van der Waals surface area contributed by atoms with Gasteiger partial charge in [0.25, 0.3) is 5.69 Å². The maximum absolute atomic E-state index is 12.4. The first-order valence-corrected chi connectivity index (χ1v) is 7.84. The number of nitro benzene ring substituents is 1. The van der Waals surface area contributed by atoms with Crippen LogP contribution < -0.4 is 14.8 Å². The van der Waals surface area contributed by atoms with E-state index in [0.717, 1.165) is 5.56 Å². The zero-order valence-corrected chi connectivity index (χ0v) is 14.1. The smallest absolute Gasteiger partial charge is 0.273 e. The highest BCUT2D eigenvalue weighted by Gasteiger charge is 2.27. The predicted octanol–water partition coefficient (Wildman–Crippen LogP) is 2.92. The van der Waals surface area contributed by atoms with Crippen molar-refractivity contribution in [2.75, 3.05) is 19.0 Å². The van der Waals surface area contributed by atoms with Crippen LogP contribution in [0.3, 0.4) is 0 Å². The Labute approximate surface area is 148 Å². The van der Waals surface area contributed by atoms with Crippen molar-refractivity contribution in [3.05, 3.63) is 57.6 Å². The van der Waals surface area contributed by atoms with Crippen LogP contribution in [0.25, 0.3) is 0 Å². The number of nitro groups is 1. The van der Waals surface area contributed by atoms with Gasteiger partial charge in [-0.25, -0.2) is 0 Å². The lowest BCUT2D eigenvalue weighted by Gasteiger charge is -2.10. The van der Waals surface area contributed by atoms with Crippen LogP contribution in [0.1, 0.15) is 28.8 Å². The maximum atomic E-state index is 12.4. The average molecular weight is 356 g/mol. The van der Waals surface area contributed by atoms with Crippen molar-refractivity contribution in [3.63, 3.8) is 0 Å². The third-order valence-corrected chi connectivity index (χ3v) is 4.21. The molecule has 0 aromatic heterocycles. The van der Waals surface area contributed by atoms with E-state index in [1.807, 2.05) is 0 Å². The lowest BCUT2D eigenvalue weighted by molar-refractivity contribution is -0.385. The number of nitrogens with one attached hydrogen (secondary N) is 1. The van der Waals surface area contributed by atoms with Gasteiger partial charge in [0.05, 0.1) is 24.0 Å². The first-order valence-electron chi connectivity index (χ1n) is 7.84. The maximum Gasteiger partial charge on any atom is 0.273 e. The number of carbonyl (C=O) groups is 2. The Morgan fingerprint density at radius 3 is 2.69 bits per heavy atom. The number of hydrogen-bond acceptors (Lipinski definition) is 6. The summed E-state index contributed by atoms with van der Waals surface area (Å²) in [6.45, 7) is 1.45. The van der Waals surface area contributed by atoms with Crippen molar-refractivity contribution in [3.8, 4) is 11.5 Å². The molecule has 2 aromatic rings. The molecule has 8 heteroatoms. The molecule has 8 nitrogen and oxygen atoms in total. The largest absolute Gasteiger partial charge is 0.493 e. The minimum Gasteiger partial charge on any atom is -0.493 e. The Kier molecular flexibility index (Phi) is 4.57. The van der Waals surface area contributed by atoms with Gasteiger partial charge >= 0.3 is 0 Å². The Bertz CT molecular complexity index is 909. The number of methoxy groups -OCH3 is 1. The molecule has 1 aliphatic rings. The van der Waals surface area contributed by atoms with Gasteiger partial charge in [-0.1, -0.05) is 0 Å². The molecular weight excluding hydrogens is 340 g/mol. The number of amides is 1. The number of ether oxygens (including phenoxy) is 2. The zero-order chi connectivity index (χ0) is 18.8. The number of benzene rings is 2. The second kappa shape index (κ2) is 6.83.